The third-order valence-corrected chi connectivity index (χ3v) is 1.87. The van der Waals surface area contributed by atoms with Crippen molar-refractivity contribution in [2.24, 2.45) is 5.92 Å². The van der Waals surface area contributed by atoms with E-state index in [1.165, 1.54) is 0 Å². The van der Waals surface area contributed by atoms with Crippen molar-refractivity contribution in [3.63, 3.8) is 0 Å². The first kappa shape index (κ1) is 13.7. The Labute approximate surface area is 107 Å². The zero-order chi connectivity index (χ0) is 9.84. The maximum Gasteiger partial charge on any atom is 1.00 e. The largest absolute Gasteiger partial charge is 1.00 e. The normalized spacial score (nSPS) is 9.64. The molecule has 0 spiro atoms. The predicted molar refractivity (Wildman–Crippen MR) is 49.3 cm³/mol. The SMILES string of the molecule is CC(C)Cc1ccccc1C(=O)[O-].[Na+]. The molecule has 0 saturated carbocycles. The Morgan fingerprint density at radius 3 is 2.43 bits per heavy atom. The Morgan fingerprint density at radius 1 is 1.36 bits per heavy atom. The first-order valence-corrected chi connectivity index (χ1v) is 4.40. The third-order valence-electron chi connectivity index (χ3n) is 1.87. The second-order valence-electron chi connectivity index (χ2n) is 3.54. The fourth-order valence-electron chi connectivity index (χ4n) is 1.34. The van der Waals surface area contributed by atoms with E-state index in [-0.39, 0.29) is 29.6 Å². The predicted octanol–water partition coefficient (Wildman–Crippen LogP) is -1.75. The average Bonchev–Trinajstić information content (AvgIpc) is 2.03. The monoisotopic (exact) mass is 200 g/mol. The van der Waals surface area contributed by atoms with Gasteiger partial charge in [0.2, 0.25) is 0 Å². The summed E-state index contributed by atoms with van der Waals surface area (Å²) < 4.78 is 0. The molecule has 2 nitrogen and oxygen atoms in total. The van der Waals surface area contributed by atoms with Gasteiger partial charge in [0, 0.05) is 5.56 Å². The molecule has 1 rings (SSSR count). The van der Waals surface area contributed by atoms with Crippen LogP contribution in [0.1, 0.15) is 29.8 Å². The summed E-state index contributed by atoms with van der Waals surface area (Å²) >= 11 is 0. The molecule has 0 unspecified atom stereocenters. The van der Waals surface area contributed by atoms with Gasteiger partial charge in [0.15, 0.2) is 0 Å². The molecule has 0 aliphatic rings. The van der Waals surface area contributed by atoms with Gasteiger partial charge < -0.3 is 9.90 Å². The summed E-state index contributed by atoms with van der Waals surface area (Å²) in [6, 6.07) is 7.00. The summed E-state index contributed by atoms with van der Waals surface area (Å²) in [5, 5.41) is 10.7. The molecular weight excluding hydrogens is 187 g/mol. The molecule has 0 radical (unpaired) electrons. The van der Waals surface area contributed by atoms with E-state index in [4.69, 9.17) is 0 Å². The van der Waals surface area contributed by atoms with Crippen molar-refractivity contribution in [2.45, 2.75) is 20.3 Å². The van der Waals surface area contributed by atoms with E-state index in [1.54, 1.807) is 12.1 Å². The molecule has 0 atom stereocenters. The molecule has 14 heavy (non-hydrogen) atoms. The molecule has 0 bridgehead atoms. The molecular formula is C11H13NaO2. The molecule has 0 aromatic heterocycles. The Hall–Kier alpha value is -0.310. The van der Waals surface area contributed by atoms with E-state index in [1.807, 2.05) is 12.1 Å². The van der Waals surface area contributed by atoms with Crippen molar-refractivity contribution >= 4 is 5.97 Å². The van der Waals surface area contributed by atoms with E-state index >= 15 is 0 Å². The zero-order valence-electron chi connectivity index (χ0n) is 8.91. The summed E-state index contributed by atoms with van der Waals surface area (Å²) in [5.41, 5.74) is 1.17. The van der Waals surface area contributed by atoms with Gasteiger partial charge in [-0.3, -0.25) is 0 Å². The summed E-state index contributed by atoms with van der Waals surface area (Å²) in [6.07, 6.45) is 0.782. The van der Waals surface area contributed by atoms with Gasteiger partial charge in [-0.1, -0.05) is 38.1 Å². The molecule has 0 heterocycles. The van der Waals surface area contributed by atoms with Crippen molar-refractivity contribution in [2.75, 3.05) is 0 Å². The minimum absolute atomic E-state index is 0. The number of rotatable bonds is 3. The van der Waals surface area contributed by atoms with Crippen LogP contribution in [0.25, 0.3) is 0 Å². The number of carboxylic acid groups (broad SMARTS) is 1. The van der Waals surface area contributed by atoms with Crippen molar-refractivity contribution < 1.29 is 39.5 Å². The topological polar surface area (TPSA) is 40.1 Å². The van der Waals surface area contributed by atoms with E-state index in [9.17, 15) is 9.90 Å². The van der Waals surface area contributed by atoms with Gasteiger partial charge in [-0.25, -0.2) is 0 Å². The van der Waals surface area contributed by atoms with Crippen LogP contribution in [0.4, 0.5) is 0 Å². The van der Waals surface area contributed by atoms with Crippen LogP contribution in [-0.4, -0.2) is 5.97 Å². The van der Waals surface area contributed by atoms with Gasteiger partial charge in [-0.05, 0) is 17.9 Å². The van der Waals surface area contributed by atoms with Crippen LogP contribution in [0.3, 0.4) is 0 Å². The van der Waals surface area contributed by atoms with Gasteiger partial charge in [0.25, 0.3) is 0 Å². The third kappa shape index (κ3) is 3.82. The van der Waals surface area contributed by atoms with Crippen LogP contribution in [-0.2, 0) is 6.42 Å². The summed E-state index contributed by atoms with van der Waals surface area (Å²) in [6.45, 7) is 4.12. The number of carbonyl (C=O) groups is 1. The number of carboxylic acids is 1. The Balaban J connectivity index is 0.00000169. The Morgan fingerprint density at radius 2 is 1.93 bits per heavy atom. The van der Waals surface area contributed by atoms with Gasteiger partial charge in [0.1, 0.15) is 0 Å². The van der Waals surface area contributed by atoms with E-state index < -0.39 is 5.97 Å². The second kappa shape index (κ2) is 6.23. The molecule has 1 aromatic carbocycles. The second-order valence-corrected chi connectivity index (χ2v) is 3.54. The number of benzene rings is 1. The van der Waals surface area contributed by atoms with E-state index in [0.717, 1.165) is 12.0 Å². The Kier molecular flexibility index (Phi) is 6.09. The fourth-order valence-corrected chi connectivity index (χ4v) is 1.34. The van der Waals surface area contributed by atoms with Crippen molar-refractivity contribution in [3.05, 3.63) is 35.4 Å². The van der Waals surface area contributed by atoms with Gasteiger partial charge >= 0.3 is 29.6 Å². The molecule has 0 fully saturated rings. The van der Waals surface area contributed by atoms with Gasteiger partial charge in [0.05, 0.1) is 5.97 Å². The smallest absolute Gasteiger partial charge is 0.545 e. The number of aromatic carboxylic acids is 1. The van der Waals surface area contributed by atoms with Crippen LogP contribution in [0.5, 0.6) is 0 Å². The molecule has 0 aliphatic heterocycles. The number of carbonyl (C=O) groups excluding carboxylic acids is 1. The van der Waals surface area contributed by atoms with Crippen LogP contribution >= 0.6 is 0 Å². The molecule has 1 aromatic rings. The molecule has 0 aliphatic carbocycles. The van der Waals surface area contributed by atoms with E-state index in [2.05, 4.69) is 13.8 Å². The minimum atomic E-state index is -1.09. The van der Waals surface area contributed by atoms with Gasteiger partial charge in [-0.15, -0.1) is 0 Å². The first-order valence-electron chi connectivity index (χ1n) is 4.40. The van der Waals surface area contributed by atoms with Crippen LogP contribution in [0, 0.1) is 5.92 Å². The molecule has 0 saturated heterocycles. The quantitative estimate of drug-likeness (QED) is 0.543. The molecule has 0 N–H and O–H groups in total. The van der Waals surface area contributed by atoms with E-state index in [0.29, 0.717) is 11.5 Å². The number of hydrogen-bond donors (Lipinski definition) is 0. The van der Waals surface area contributed by atoms with Crippen LogP contribution in [0.15, 0.2) is 24.3 Å². The average molecular weight is 200 g/mol. The van der Waals surface area contributed by atoms with Crippen molar-refractivity contribution in [1.82, 2.24) is 0 Å². The van der Waals surface area contributed by atoms with Gasteiger partial charge in [-0.2, -0.15) is 0 Å². The summed E-state index contributed by atoms with van der Waals surface area (Å²) in [7, 11) is 0. The van der Waals surface area contributed by atoms with Crippen LogP contribution in [0.2, 0.25) is 0 Å². The molecule has 0 amide bonds. The maximum atomic E-state index is 10.7. The maximum absolute atomic E-state index is 10.7. The molecule has 70 valence electrons. The number of hydrogen-bond acceptors (Lipinski definition) is 2. The zero-order valence-corrected chi connectivity index (χ0v) is 10.9. The first-order chi connectivity index (χ1) is 6.11. The van der Waals surface area contributed by atoms with Crippen molar-refractivity contribution in [1.29, 1.82) is 0 Å². The Bertz CT molecular complexity index is 308. The minimum Gasteiger partial charge on any atom is -0.545 e. The molecule has 3 heteroatoms. The van der Waals surface area contributed by atoms with Crippen molar-refractivity contribution in [3.8, 4) is 0 Å². The fraction of sp³-hybridized carbons (Fsp3) is 0.364. The van der Waals surface area contributed by atoms with Crippen LogP contribution < -0.4 is 34.7 Å². The summed E-state index contributed by atoms with van der Waals surface area (Å²) in [5.74, 6) is -0.628. The summed E-state index contributed by atoms with van der Waals surface area (Å²) in [4.78, 5) is 10.7. The standard InChI is InChI=1S/C11H14O2.Na/c1-8(2)7-9-5-3-4-6-10(9)11(12)13;/h3-6,8H,7H2,1-2H3,(H,12,13);/q;+1/p-1.